The first-order valence-corrected chi connectivity index (χ1v) is 11.2. The zero-order valence-electron chi connectivity index (χ0n) is 20.5. The number of ether oxygens (including phenoxy) is 5. The molecule has 0 saturated heterocycles. The number of benzene rings is 2. The Morgan fingerprint density at radius 3 is 2.24 bits per heavy atom. The van der Waals surface area contributed by atoms with Gasteiger partial charge in [-0.1, -0.05) is 0 Å². The molecule has 2 aromatic carbocycles. The van der Waals surface area contributed by atoms with Gasteiger partial charge in [0.2, 0.25) is 0 Å². The molecule has 7 heteroatoms. The number of rotatable bonds is 8. The third-order valence-corrected chi connectivity index (χ3v) is 6.28. The normalized spacial score (nSPS) is 12.9. The smallest absolute Gasteiger partial charge is 0.347 e. The lowest BCUT2D eigenvalue weighted by Crippen LogP contribution is -2.11. The monoisotopic (exact) mass is 466 g/mol. The second kappa shape index (κ2) is 9.71. The van der Waals surface area contributed by atoms with Crippen molar-refractivity contribution in [1.82, 2.24) is 0 Å². The fourth-order valence-electron chi connectivity index (χ4n) is 4.04. The maximum Gasteiger partial charge on any atom is 0.347 e. The van der Waals surface area contributed by atoms with Crippen molar-refractivity contribution in [3.05, 3.63) is 62.9 Å². The van der Waals surface area contributed by atoms with Crippen molar-refractivity contribution in [2.45, 2.75) is 40.7 Å². The van der Waals surface area contributed by atoms with Crippen LogP contribution in [-0.4, -0.2) is 27.4 Å². The van der Waals surface area contributed by atoms with Crippen molar-refractivity contribution in [3.8, 4) is 23.0 Å². The van der Waals surface area contributed by atoms with Crippen LogP contribution in [0.25, 0.3) is 16.3 Å². The van der Waals surface area contributed by atoms with E-state index in [0.717, 1.165) is 44.9 Å². The van der Waals surface area contributed by atoms with Gasteiger partial charge in [-0.2, -0.15) is 0 Å². The van der Waals surface area contributed by atoms with Crippen molar-refractivity contribution >= 4 is 16.3 Å². The lowest BCUT2D eigenvalue weighted by atomic mass is 9.97. The Kier molecular flexibility index (Phi) is 6.72. The van der Waals surface area contributed by atoms with Crippen LogP contribution < -0.4 is 24.6 Å². The first-order chi connectivity index (χ1) is 16.3. The van der Waals surface area contributed by atoms with Gasteiger partial charge in [-0.25, -0.2) is 4.79 Å². The standard InChI is InChI=1S/C27H30O7/c1-15-17(3)33-14-23-21(15)10-19(29-5)12-24(23)31-8-7-9-32-25-13-20(30-6)11-22-16(2)18(4)34-27(28)26(22)25/h10-13H,7-9,14H2,1-6H3. The summed E-state index contributed by atoms with van der Waals surface area (Å²) in [6.07, 6.45) is 0.607. The zero-order valence-corrected chi connectivity index (χ0v) is 20.5. The van der Waals surface area contributed by atoms with Crippen LogP contribution in [-0.2, 0) is 11.3 Å². The number of methoxy groups -OCH3 is 2. The molecule has 180 valence electrons. The summed E-state index contributed by atoms with van der Waals surface area (Å²) in [6.45, 7) is 8.91. The van der Waals surface area contributed by atoms with Gasteiger partial charge in [0.1, 0.15) is 40.8 Å². The van der Waals surface area contributed by atoms with Gasteiger partial charge in [0.05, 0.1) is 33.2 Å². The molecule has 4 rings (SSSR count). The van der Waals surface area contributed by atoms with E-state index >= 15 is 0 Å². The molecule has 0 fully saturated rings. The van der Waals surface area contributed by atoms with Crippen LogP contribution in [0.4, 0.5) is 0 Å². The van der Waals surface area contributed by atoms with Gasteiger partial charge in [-0.3, -0.25) is 0 Å². The molecule has 3 aromatic rings. The van der Waals surface area contributed by atoms with Gasteiger partial charge < -0.3 is 28.1 Å². The van der Waals surface area contributed by atoms with E-state index in [4.69, 9.17) is 28.1 Å². The molecule has 1 aliphatic heterocycles. The predicted molar refractivity (Wildman–Crippen MR) is 130 cm³/mol. The second-order valence-corrected chi connectivity index (χ2v) is 8.29. The molecule has 0 spiro atoms. The maximum absolute atomic E-state index is 12.6. The second-order valence-electron chi connectivity index (χ2n) is 8.29. The molecule has 7 nitrogen and oxygen atoms in total. The summed E-state index contributed by atoms with van der Waals surface area (Å²) in [4.78, 5) is 12.6. The van der Waals surface area contributed by atoms with Crippen LogP contribution in [0.5, 0.6) is 23.0 Å². The van der Waals surface area contributed by atoms with Crippen LogP contribution >= 0.6 is 0 Å². The van der Waals surface area contributed by atoms with Crippen molar-refractivity contribution in [2.75, 3.05) is 27.4 Å². The van der Waals surface area contributed by atoms with Crippen molar-refractivity contribution in [2.24, 2.45) is 0 Å². The van der Waals surface area contributed by atoms with Gasteiger partial charge in [0, 0.05) is 29.5 Å². The van der Waals surface area contributed by atoms with E-state index < -0.39 is 5.63 Å². The van der Waals surface area contributed by atoms with Gasteiger partial charge in [-0.05, 0) is 56.5 Å². The van der Waals surface area contributed by atoms with E-state index in [1.807, 2.05) is 39.0 Å². The molecular weight excluding hydrogens is 436 g/mol. The Balaban J connectivity index is 1.48. The van der Waals surface area contributed by atoms with Crippen LogP contribution in [0, 0.1) is 13.8 Å². The van der Waals surface area contributed by atoms with Crippen molar-refractivity contribution in [1.29, 1.82) is 0 Å². The van der Waals surface area contributed by atoms with Crippen LogP contribution in [0.2, 0.25) is 0 Å². The molecule has 0 N–H and O–H groups in total. The fourth-order valence-corrected chi connectivity index (χ4v) is 4.04. The van der Waals surface area contributed by atoms with Gasteiger partial charge in [0.15, 0.2) is 0 Å². The number of allylic oxidation sites excluding steroid dienone is 2. The summed E-state index contributed by atoms with van der Waals surface area (Å²) in [5.41, 5.74) is 3.62. The minimum atomic E-state index is -0.422. The molecule has 2 heterocycles. The number of hydrogen-bond donors (Lipinski definition) is 0. The highest BCUT2D eigenvalue weighted by Crippen LogP contribution is 2.38. The molecule has 0 amide bonds. The molecule has 0 aliphatic carbocycles. The molecule has 0 atom stereocenters. The number of hydrogen-bond acceptors (Lipinski definition) is 7. The molecule has 0 radical (unpaired) electrons. The molecule has 0 saturated carbocycles. The Morgan fingerprint density at radius 1 is 0.882 bits per heavy atom. The maximum atomic E-state index is 12.6. The third kappa shape index (κ3) is 4.42. The Bertz CT molecular complexity index is 1320. The summed E-state index contributed by atoms with van der Waals surface area (Å²) in [5, 5.41) is 1.18. The van der Waals surface area contributed by atoms with E-state index in [0.29, 0.717) is 48.9 Å². The number of fused-ring (bicyclic) bond motifs is 2. The van der Waals surface area contributed by atoms with Gasteiger partial charge in [0.25, 0.3) is 0 Å². The first-order valence-electron chi connectivity index (χ1n) is 11.2. The van der Waals surface area contributed by atoms with E-state index in [9.17, 15) is 4.79 Å². The molecule has 34 heavy (non-hydrogen) atoms. The van der Waals surface area contributed by atoms with Crippen LogP contribution in [0.1, 0.15) is 42.7 Å². The molecule has 1 aliphatic rings. The van der Waals surface area contributed by atoms with Gasteiger partial charge >= 0.3 is 5.63 Å². The lowest BCUT2D eigenvalue weighted by Gasteiger charge is -2.23. The SMILES string of the molecule is COc1cc(OCCCOc2cc(OC)cc3c(C)c(C)oc(=O)c23)c2c(c1)C(C)=C(C)OC2. The topological polar surface area (TPSA) is 76.4 Å². The Hall–Kier alpha value is -3.61. The average molecular weight is 467 g/mol. The highest BCUT2D eigenvalue weighted by molar-refractivity contribution is 5.91. The van der Waals surface area contributed by atoms with Crippen LogP contribution in [0.3, 0.4) is 0 Å². The third-order valence-electron chi connectivity index (χ3n) is 6.28. The minimum absolute atomic E-state index is 0.356. The van der Waals surface area contributed by atoms with Crippen molar-refractivity contribution < 1.29 is 28.1 Å². The van der Waals surface area contributed by atoms with Crippen molar-refractivity contribution in [3.63, 3.8) is 0 Å². The average Bonchev–Trinajstić information content (AvgIpc) is 2.83. The summed E-state index contributed by atoms with van der Waals surface area (Å²) in [7, 11) is 3.23. The molecule has 1 aromatic heterocycles. The van der Waals surface area contributed by atoms with E-state index in [-0.39, 0.29) is 0 Å². The summed E-state index contributed by atoms with van der Waals surface area (Å²) in [5.74, 6) is 4.01. The lowest BCUT2D eigenvalue weighted by molar-refractivity contribution is 0.188. The predicted octanol–water partition coefficient (Wildman–Crippen LogP) is 5.56. The van der Waals surface area contributed by atoms with E-state index in [1.165, 1.54) is 0 Å². The summed E-state index contributed by atoms with van der Waals surface area (Å²) < 4.78 is 34.1. The number of aryl methyl sites for hydroxylation is 2. The minimum Gasteiger partial charge on any atom is -0.497 e. The fraction of sp³-hybridized carbons (Fsp3) is 0.370. The largest absolute Gasteiger partial charge is 0.497 e. The highest BCUT2D eigenvalue weighted by Gasteiger charge is 2.21. The van der Waals surface area contributed by atoms with Crippen LogP contribution in [0.15, 0.2) is 39.2 Å². The Morgan fingerprint density at radius 2 is 1.53 bits per heavy atom. The highest BCUT2D eigenvalue weighted by atomic mass is 16.5. The summed E-state index contributed by atoms with van der Waals surface area (Å²) >= 11 is 0. The van der Waals surface area contributed by atoms with E-state index in [1.54, 1.807) is 27.2 Å². The first kappa shape index (κ1) is 23.5. The quantitative estimate of drug-likeness (QED) is 0.403. The molecule has 0 unspecified atom stereocenters. The Labute approximate surface area is 198 Å². The molecular formula is C27H30O7. The zero-order chi connectivity index (χ0) is 24.4. The van der Waals surface area contributed by atoms with E-state index in [2.05, 4.69) is 0 Å². The van der Waals surface area contributed by atoms with Gasteiger partial charge in [-0.15, -0.1) is 0 Å². The summed E-state index contributed by atoms with van der Waals surface area (Å²) in [6, 6.07) is 7.43. The molecule has 0 bridgehead atoms.